The second-order valence-corrected chi connectivity index (χ2v) is 9.48. The van der Waals surface area contributed by atoms with Crippen molar-refractivity contribution >= 4 is 27.4 Å². The van der Waals surface area contributed by atoms with Crippen LogP contribution in [0.3, 0.4) is 0 Å². The van der Waals surface area contributed by atoms with E-state index in [-0.39, 0.29) is 28.5 Å². The number of anilines is 2. The fourth-order valence-corrected chi connectivity index (χ4v) is 5.06. The molecule has 10 nitrogen and oxygen atoms in total. The van der Waals surface area contributed by atoms with Gasteiger partial charge in [0.2, 0.25) is 10.0 Å². The largest absolute Gasteiger partial charge is 0.383 e. The molecular weight excluding hydrogens is 458 g/mol. The number of benzene rings is 2. The number of carbonyl (C=O) groups is 1. The minimum atomic E-state index is -3.67. The highest BCUT2D eigenvalue weighted by atomic mass is 32.2. The van der Waals surface area contributed by atoms with Gasteiger partial charge < -0.3 is 10.6 Å². The molecule has 0 saturated heterocycles. The monoisotopic (exact) mass is 485 g/mol. The molecule has 0 aliphatic carbocycles. The smallest absolute Gasteiger partial charge is 0.330 e. The Hall–Kier alpha value is -3.70. The van der Waals surface area contributed by atoms with E-state index in [0.29, 0.717) is 13.1 Å². The van der Waals surface area contributed by atoms with Crippen LogP contribution in [-0.4, -0.2) is 48.3 Å². The zero-order valence-electron chi connectivity index (χ0n) is 19.2. The van der Waals surface area contributed by atoms with Crippen molar-refractivity contribution in [1.29, 1.82) is 0 Å². The number of nitrogens with one attached hydrogen (secondary N) is 1. The third-order valence-corrected chi connectivity index (χ3v) is 7.55. The molecule has 0 aliphatic rings. The van der Waals surface area contributed by atoms with Gasteiger partial charge in [0.1, 0.15) is 5.82 Å². The summed E-state index contributed by atoms with van der Waals surface area (Å²) in [7, 11) is -2.31. The van der Waals surface area contributed by atoms with Gasteiger partial charge in [0.15, 0.2) is 5.69 Å². The summed E-state index contributed by atoms with van der Waals surface area (Å²) in [6, 6.07) is 14.5. The zero-order chi connectivity index (χ0) is 25.0. The molecule has 3 rings (SSSR count). The summed E-state index contributed by atoms with van der Waals surface area (Å²) in [6.45, 7) is 4.24. The Morgan fingerprint density at radius 1 is 1.00 bits per heavy atom. The first-order chi connectivity index (χ1) is 16.1. The molecule has 180 valence electrons. The third kappa shape index (κ3) is 4.80. The maximum absolute atomic E-state index is 13.1. The molecule has 0 radical (unpaired) electrons. The van der Waals surface area contributed by atoms with E-state index in [4.69, 9.17) is 5.73 Å². The van der Waals surface area contributed by atoms with Gasteiger partial charge in [-0.1, -0.05) is 44.2 Å². The fourth-order valence-electron chi connectivity index (χ4n) is 3.60. The number of hydrogen-bond donors (Lipinski definition) is 2. The molecule has 0 spiro atoms. The maximum atomic E-state index is 13.1. The summed E-state index contributed by atoms with van der Waals surface area (Å²) in [5.41, 5.74) is 5.42. The van der Waals surface area contributed by atoms with Gasteiger partial charge in [-0.25, -0.2) is 13.2 Å². The molecule has 3 aromatic rings. The van der Waals surface area contributed by atoms with Crippen molar-refractivity contribution < 1.29 is 13.2 Å². The van der Waals surface area contributed by atoms with Gasteiger partial charge in [0.05, 0.1) is 11.4 Å². The minimum Gasteiger partial charge on any atom is -0.383 e. The number of aromatic amines is 1. The van der Waals surface area contributed by atoms with Gasteiger partial charge in [0.25, 0.3) is 11.5 Å². The van der Waals surface area contributed by atoms with Crippen LogP contribution in [0.1, 0.15) is 29.8 Å². The van der Waals surface area contributed by atoms with Crippen LogP contribution in [0.15, 0.2) is 69.1 Å². The fraction of sp³-hybridized carbons (Fsp3) is 0.261. The standard InChI is InChI=1S/C23H27N5O5S/c1-4-27(5-2)34(32,33)18-13-11-17(12-14-18)22(30)26(3)19-20(24)28(23(31)25-21(19)29)15-16-9-7-6-8-10-16/h6-14H,4-5,15,24H2,1-3H3,(H,25,29,31). The number of nitrogens with zero attached hydrogens (tertiary/aromatic N) is 3. The highest BCUT2D eigenvalue weighted by Crippen LogP contribution is 2.21. The van der Waals surface area contributed by atoms with Crippen LogP contribution >= 0.6 is 0 Å². The Bertz CT molecular complexity index is 1390. The molecule has 2 aromatic carbocycles. The predicted molar refractivity (Wildman–Crippen MR) is 131 cm³/mol. The van der Waals surface area contributed by atoms with E-state index < -0.39 is 27.2 Å². The lowest BCUT2D eigenvalue weighted by Crippen LogP contribution is -2.39. The predicted octanol–water partition coefficient (Wildman–Crippen LogP) is 1.47. The molecule has 1 heterocycles. The van der Waals surface area contributed by atoms with Crippen LogP contribution in [0, 0.1) is 0 Å². The van der Waals surface area contributed by atoms with Crippen molar-refractivity contribution in [3.8, 4) is 0 Å². The van der Waals surface area contributed by atoms with E-state index in [1.807, 2.05) is 18.2 Å². The lowest BCUT2D eigenvalue weighted by molar-refractivity contribution is 0.0992. The summed E-state index contributed by atoms with van der Waals surface area (Å²) in [5.74, 6) is -0.747. The molecule has 0 bridgehead atoms. The normalized spacial score (nSPS) is 11.5. The molecule has 1 aromatic heterocycles. The summed E-state index contributed by atoms with van der Waals surface area (Å²) in [5, 5.41) is 0. The highest BCUT2D eigenvalue weighted by Gasteiger charge is 2.24. The van der Waals surface area contributed by atoms with Crippen LogP contribution in [-0.2, 0) is 16.6 Å². The molecular formula is C23H27N5O5S. The molecule has 0 fully saturated rings. The Balaban J connectivity index is 1.95. The zero-order valence-corrected chi connectivity index (χ0v) is 20.0. The van der Waals surface area contributed by atoms with Crippen molar-refractivity contribution in [3.63, 3.8) is 0 Å². The van der Waals surface area contributed by atoms with E-state index in [9.17, 15) is 22.8 Å². The van der Waals surface area contributed by atoms with Gasteiger partial charge in [-0.2, -0.15) is 4.31 Å². The number of sulfonamides is 1. The molecule has 0 atom stereocenters. The summed E-state index contributed by atoms with van der Waals surface area (Å²) in [6.07, 6.45) is 0. The highest BCUT2D eigenvalue weighted by molar-refractivity contribution is 7.89. The van der Waals surface area contributed by atoms with Crippen molar-refractivity contribution in [2.75, 3.05) is 30.8 Å². The number of nitrogens with two attached hydrogens (primary N) is 1. The van der Waals surface area contributed by atoms with Gasteiger partial charge in [0, 0.05) is 25.7 Å². The van der Waals surface area contributed by atoms with E-state index >= 15 is 0 Å². The first kappa shape index (κ1) is 24.9. The average Bonchev–Trinajstić information content (AvgIpc) is 2.82. The molecule has 0 saturated carbocycles. The van der Waals surface area contributed by atoms with Crippen LogP contribution in [0.4, 0.5) is 11.5 Å². The van der Waals surface area contributed by atoms with E-state index in [0.717, 1.165) is 10.5 Å². The summed E-state index contributed by atoms with van der Waals surface area (Å²) >= 11 is 0. The van der Waals surface area contributed by atoms with E-state index in [1.54, 1.807) is 26.0 Å². The number of nitrogen functional groups attached to an aromatic ring is 1. The van der Waals surface area contributed by atoms with Crippen LogP contribution in [0.25, 0.3) is 0 Å². The number of amides is 1. The van der Waals surface area contributed by atoms with Gasteiger partial charge in [-0.15, -0.1) is 0 Å². The van der Waals surface area contributed by atoms with Crippen LogP contribution in [0.2, 0.25) is 0 Å². The lowest BCUT2D eigenvalue weighted by Gasteiger charge is -2.21. The Kier molecular flexibility index (Phi) is 7.38. The van der Waals surface area contributed by atoms with E-state index in [2.05, 4.69) is 4.98 Å². The van der Waals surface area contributed by atoms with Crippen molar-refractivity contribution in [2.45, 2.75) is 25.3 Å². The lowest BCUT2D eigenvalue weighted by atomic mass is 10.2. The number of hydrogen-bond acceptors (Lipinski definition) is 6. The first-order valence-corrected chi connectivity index (χ1v) is 12.1. The second kappa shape index (κ2) is 10.1. The number of carbonyl (C=O) groups excluding carboxylic acids is 1. The van der Waals surface area contributed by atoms with Crippen LogP contribution < -0.4 is 21.9 Å². The van der Waals surface area contributed by atoms with Gasteiger partial charge >= 0.3 is 5.69 Å². The molecule has 0 unspecified atom stereocenters. The number of rotatable bonds is 8. The molecule has 11 heteroatoms. The number of H-pyrrole nitrogens is 1. The Labute approximate surface area is 197 Å². The minimum absolute atomic E-state index is 0.0594. The quantitative estimate of drug-likeness (QED) is 0.495. The molecule has 34 heavy (non-hydrogen) atoms. The van der Waals surface area contributed by atoms with Crippen molar-refractivity contribution in [2.24, 2.45) is 0 Å². The average molecular weight is 486 g/mol. The molecule has 0 aliphatic heterocycles. The maximum Gasteiger partial charge on any atom is 0.330 e. The van der Waals surface area contributed by atoms with Gasteiger partial charge in [-0.05, 0) is 29.8 Å². The topological polar surface area (TPSA) is 139 Å². The molecule has 3 N–H and O–H groups in total. The van der Waals surface area contributed by atoms with E-state index in [1.165, 1.54) is 40.2 Å². The van der Waals surface area contributed by atoms with Crippen molar-refractivity contribution in [3.05, 3.63) is 86.6 Å². The summed E-state index contributed by atoms with van der Waals surface area (Å²) in [4.78, 5) is 41.3. The number of aromatic nitrogens is 2. The Morgan fingerprint density at radius 2 is 1.59 bits per heavy atom. The second-order valence-electron chi connectivity index (χ2n) is 7.54. The first-order valence-electron chi connectivity index (χ1n) is 10.7. The summed E-state index contributed by atoms with van der Waals surface area (Å²) < 4.78 is 27.8. The SMILES string of the molecule is CCN(CC)S(=O)(=O)c1ccc(C(=O)N(C)c2c(N)n(Cc3ccccc3)c(=O)[nH]c2=O)cc1. The third-order valence-electron chi connectivity index (χ3n) is 5.48. The van der Waals surface area contributed by atoms with Crippen molar-refractivity contribution in [1.82, 2.24) is 13.9 Å². The van der Waals surface area contributed by atoms with Crippen LogP contribution in [0.5, 0.6) is 0 Å². The molecule has 1 amide bonds. The van der Waals surface area contributed by atoms with Gasteiger partial charge in [-0.3, -0.25) is 19.1 Å². The Morgan fingerprint density at radius 3 is 2.15 bits per heavy atom.